The van der Waals surface area contributed by atoms with E-state index in [4.69, 9.17) is 0 Å². The first-order valence-corrected chi connectivity index (χ1v) is 13.2. The number of hydrogen-bond donors (Lipinski definition) is 1. The molecule has 0 spiro atoms. The van der Waals surface area contributed by atoms with E-state index in [2.05, 4.69) is 41.5 Å². The Labute approximate surface area is 210 Å². The van der Waals surface area contributed by atoms with Crippen LogP contribution >= 0.6 is 0 Å². The third-order valence-electron chi connectivity index (χ3n) is 7.58. The van der Waals surface area contributed by atoms with Gasteiger partial charge >= 0.3 is 0 Å². The molecular formula is C30H39N3O2. The average molecular weight is 474 g/mol. The highest BCUT2D eigenvalue weighted by Gasteiger charge is 2.26. The highest BCUT2D eigenvalue weighted by molar-refractivity contribution is 5.92. The highest BCUT2D eigenvalue weighted by atomic mass is 16.2. The number of nitrogens with one attached hydrogen (secondary N) is 1. The number of hydrogen-bond acceptors (Lipinski definition) is 3. The Morgan fingerprint density at radius 3 is 2.29 bits per heavy atom. The molecule has 2 amide bonds. The first-order chi connectivity index (χ1) is 17.1. The van der Waals surface area contributed by atoms with E-state index in [0.29, 0.717) is 38.5 Å². The van der Waals surface area contributed by atoms with Crippen LogP contribution in [0.1, 0.15) is 61.6 Å². The van der Waals surface area contributed by atoms with E-state index in [1.54, 1.807) is 6.08 Å². The zero-order valence-corrected chi connectivity index (χ0v) is 21.0. The van der Waals surface area contributed by atoms with Crippen molar-refractivity contribution in [3.05, 3.63) is 77.4 Å². The molecule has 5 nitrogen and oxygen atoms in total. The largest absolute Gasteiger partial charge is 0.352 e. The maximum atomic E-state index is 12.9. The molecule has 1 N–H and O–H groups in total. The summed E-state index contributed by atoms with van der Waals surface area (Å²) >= 11 is 0. The fraction of sp³-hybridized carbons (Fsp3) is 0.467. The summed E-state index contributed by atoms with van der Waals surface area (Å²) in [6, 6.07) is 19.0. The lowest BCUT2D eigenvalue weighted by Gasteiger charge is -2.32. The summed E-state index contributed by atoms with van der Waals surface area (Å²) in [5, 5.41) is 3.18. The number of carbonyl (C=O) groups excluding carboxylic acids is 2. The van der Waals surface area contributed by atoms with Crippen LogP contribution in [0.2, 0.25) is 0 Å². The molecule has 0 aromatic heterocycles. The topological polar surface area (TPSA) is 52.7 Å². The van der Waals surface area contributed by atoms with E-state index in [-0.39, 0.29) is 17.7 Å². The molecule has 1 saturated carbocycles. The number of rotatable bonds is 8. The van der Waals surface area contributed by atoms with Crippen LogP contribution in [0.25, 0.3) is 6.08 Å². The zero-order chi connectivity index (χ0) is 24.5. The molecule has 2 aliphatic rings. The minimum absolute atomic E-state index is 0.0173. The fourth-order valence-electron chi connectivity index (χ4n) is 5.33. The van der Waals surface area contributed by atoms with Crippen LogP contribution in [0.15, 0.2) is 60.7 Å². The van der Waals surface area contributed by atoms with Crippen LogP contribution in [0.3, 0.4) is 0 Å². The van der Waals surface area contributed by atoms with Crippen molar-refractivity contribution in [3.63, 3.8) is 0 Å². The Morgan fingerprint density at radius 2 is 1.57 bits per heavy atom. The van der Waals surface area contributed by atoms with Gasteiger partial charge in [0.2, 0.25) is 11.8 Å². The maximum absolute atomic E-state index is 12.9. The van der Waals surface area contributed by atoms with Crippen LogP contribution < -0.4 is 5.32 Å². The van der Waals surface area contributed by atoms with Crippen molar-refractivity contribution < 1.29 is 9.59 Å². The molecule has 1 aliphatic carbocycles. The number of nitrogens with zero attached hydrogens (tertiary/aromatic N) is 2. The van der Waals surface area contributed by atoms with Crippen LogP contribution in [0.4, 0.5) is 0 Å². The van der Waals surface area contributed by atoms with E-state index >= 15 is 0 Å². The molecule has 0 unspecified atom stereocenters. The van der Waals surface area contributed by atoms with Gasteiger partial charge in [-0.25, -0.2) is 0 Å². The van der Waals surface area contributed by atoms with E-state index in [1.165, 1.54) is 43.2 Å². The predicted octanol–water partition coefficient (Wildman–Crippen LogP) is 5.02. The first kappa shape index (κ1) is 25.2. The molecule has 1 heterocycles. The van der Waals surface area contributed by atoms with Crippen molar-refractivity contribution in [2.45, 2.75) is 64.1 Å². The monoisotopic (exact) mass is 473 g/mol. The summed E-state index contributed by atoms with van der Waals surface area (Å²) in [5.74, 6) is 0.0883. The molecule has 2 aromatic carbocycles. The third-order valence-corrected chi connectivity index (χ3v) is 7.58. The van der Waals surface area contributed by atoms with Crippen molar-refractivity contribution in [2.75, 3.05) is 20.1 Å². The van der Waals surface area contributed by atoms with Gasteiger partial charge in [0.15, 0.2) is 0 Å². The van der Waals surface area contributed by atoms with E-state index in [1.807, 2.05) is 41.3 Å². The van der Waals surface area contributed by atoms with Crippen molar-refractivity contribution in [3.8, 4) is 0 Å². The van der Waals surface area contributed by atoms with Gasteiger partial charge in [0.1, 0.15) is 0 Å². The van der Waals surface area contributed by atoms with E-state index in [0.717, 1.165) is 12.1 Å². The standard InChI is InChI=1S/C30H39N3O2/c1-32(28-14-6-3-7-15-28)23-27-13-9-8-12-26(27)22-31-30(35)25-18-20-33(21-19-25)29(34)17-16-24-10-4-2-5-11-24/h2,4-5,8-13,16-17,25,28H,3,6-7,14-15,18-23H2,1H3,(H,31,35). The summed E-state index contributed by atoms with van der Waals surface area (Å²) in [6.45, 7) is 2.73. The first-order valence-electron chi connectivity index (χ1n) is 13.2. The van der Waals surface area contributed by atoms with E-state index < -0.39 is 0 Å². The summed E-state index contributed by atoms with van der Waals surface area (Å²) < 4.78 is 0. The minimum atomic E-state index is -0.0331. The minimum Gasteiger partial charge on any atom is -0.352 e. The second-order valence-electron chi connectivity index (χ2n) is 10.0. The Kier molecular flexibility index (Phi) is 9.13. The van der Waals surface area contributed by atoms with E-state index in [9.17, 15) is 9.59 Å². The van der Waals surface area contributed by atoms with Crippen molar-refractivity contribution >= 4 is 17.9 Å². The van der Waals surface area contributed by atoms with Gasteiger partial charge in [-0.1, -0.05) is 73.9 Å². The summed E-state index contributed by atoms with van der Waals surface area (Å²) in [6.07, 6.45) is 11.5. The molecule has 1 aliphatic heterocycles. The summed E-state index contributed by atoms with van der Waals surface area (Å²) in [7, 11) is 2.23. The van der Waals surface area contributed by atoms with Gasteiger partial charge in [0, 0.05) is 44.2 Å². The Morgan fingerprint density at radius 1 is 0.914 bits per heavy atom. The third kappa shape index (κ3) is 7.28. The van der Waals surface area contributed by atoms with Crippen LogP contribution in [0.5, 0.6) is 0 Å². The molecule has 1 saturated heterocycles. The van der Waals surface area contributed by atoms with Crippen LogP contribution in [-0.4, -0.2) is 47.8 Å². The van der Waals surface area contributed by atoms with Gasteiger partial charge in [-0.3, -0.25) is 14.5 Å². The molecule has 0 bridgehead atoms. The Hall–Kier alpha value is -2.92. The summed E-state index contributed by atoms with van der Waals surface area (Å²) in [5.41, 5.74) is 3.51. The lowest BCUT2D eigenvalue weighted by Crippen LogP contribution is -2.42. The van der Waals surface area contributed by atoms with Crippen molar-refractivity contribution in [2.24, 2.45) is 5.92 Å². The van der Waals surface area contributed by atoms with Crippen LogP contribution in [-0.2, 0) is 22.7 Å². The maximum Gasteiger partial charge on any atom is 0.246 e. The SMILES string of the molecule is CN(Cc1ccccc1CNC(=O)C1CCN(C(=O)C=Cc2ccccc2)CC1)C1CCCCC1. The lowest BCUT2D eigenvalue weighted by atomic mass is 9.94. The van der Waals surface area contributed by atoms with Crippen LogP contribution in [0, 0.1) is 5.92 Å². The molecule has 2 aromatic rings. The number of likely N-dealkylation sites (tertiary alicyclic amines) is 1. The number of benzene rings is 2. The average Bonchev–Trinajstić information content (AvgIpc) is 2.92. The lowest BCUT2D eigenvalue weighted by molar-refractivity contribution is -0.132. The van der Waals surface area contributed by atoms with Gasteiger partial charge < -0.3 is 10.2 Å². The molecule has 4 rings (SSSR count). The second-order valence-corrected chi connectivity index (χ2v) is 10.0. The smallest absolute Gasteiger partial charge is 0.246 e. The predicted molar refractivity (Wildman–Crippen MR) is 141 cm³/mol. The van der Waals surface area contributed by atoms with Gasteiger partial charge in [-0.05, 0) is 55.5 Å². The summed E-state index contributed by atoms with van der Waals surface area (Å²) in [4.78, 5) is 29.8. The molecule has 186 valence electrons. The van der Waals surface area contributed by atoms with Crippen molar-refractivity contribution in [1.29, 1.82) is 0 Å². The number of carbonyl (C=O) groups is 2. The highest BCUT2D eigenvalue weighted by Crippen LogP contribution is 2.24. The normalized spacial score (nSPS) is 17.7. The second kappa shape index (κ2) is 12.7. The molecular weight excluding hydrogens is 434 g/mol. The number of amides is 2. The Balaban J connectivity index is 1.24. The Bertz CT molecular complexity index is 990. The van der Waals surface area contributed by atoms with Crippen molar-refractivity contribution in [1.82, 2.24) is 15.1 Å². The zero-order valence-electron chi connectivity index (χ0n) is 21.0. The molecule has 35 heavy (non-hydrogen) atoms. The molecule has 0 radical (unpaired) electrons. The fourth-order valence-corrected chi connectivity index (χ4v) is 5.33. The molecule has 0 atom stereocenters. The molecule has 2 fully saturated rings. The quantitative estimate of drug-likeness (QED) is 0.548. The molecule has 5 heteroatoms. The van der Waals surface area contributed by atoms with Gasteiger partial charge in [-0.15, -0.1) is 0 Å². The van der Waals surface area contributed by atoms with Gasteiger partial charge in [0.25, 0.3) is 0 Å². The van der Waals surface area contributed by atoms with Gasteiger partial charge in [0.05, 0.1) is 0 Å². The van der Waals surface area contributed by atoms with Gasteiger partial charge in [-0.2, -0.15) is 0 Å². The number of piperidine rings is 1.